The van der Waals surface area contributed by atoms with Crippen LogP contribution in [0, 0.1) is 17.8 Å². The van der Waals surface area contributed by atoms with Crippen LogP contribution in [0.4, 0.5) is 0 Å². The SMILES string of the molecule is CC(C)[C@@H]1C(=O)N2CCC[C@@H]2[C@]2(O)O[C@](NC(=O)[C@H]3C=C4c5cccc6[nH]cc(c56)C[C@@H]4N(C)C3)(C(C)C)C(=O)N12. The van der Waals surface area contributed by atoms with E-state index in [2.05, 4.69) is 33.5 Å². The molecule has 3 N–H and O–H groups in total. The third-order valence-corrected chi connectivity index (χ3v) is 10.1. The number of carbonyl (C=O) groups excluding carboxylic acids is 3. The van der Waals surface area contributed by atoms with Crippen LogP contribution in [-0.4, -0.2) is 92.4 Å². The topological polar surface area (TPSA) is 118 Å². The molecule has 218 valence electrons. The molecular weight excluding hydrogens is 522 g/mol. The number of aliphatic hydroxyl groups is 1. The Balaban J connectivity index is 1.25. The molecule has 7 rings (SSSR count). The van der Waals surface area contributed by atoms with Gasteiger partial charge in [-0.15, -0.1) is 0 Å². The van der Waals surface area contributed by atoms with E-state index in [0.29, 0.717) is 25.9 Å². The zero-order chi connectivity index (χ0) is 29.0. The van der Waals surface area contributed by atoms with E-state index < -0.39 is 41.5 Å². The number of H-pyrrole nitrogens is 1. The Morgan fingerprint density at radius 3 is 2.73 bits per heavy atom. The van der Waals surface area contributed by atoms with E-state index >= 15 is 0 Å². The average molecular weight is 562 g/mol. The number of hydrogen-bond donors (Lipinski definition) is 3. The number of rotatable bonds is 4. The number of amides is 3. The largest absolute Gasteiger partial charge is 0.361 e. The minimum Gasteiger partial charge on any atom is -0.361 e. The second kappa shape index (κ2) is 8.89. The number of likely N-dealkylation sites (N-methyl/N-ethyl adjacent to an activating group) is 1. The van der Waals surface area contributed by atoms with Gasteiger partial charge in [0.05, 0.1) is 5.92 Å². The molecule has 0 radical (unpaired) electrons. The maximum atomic E-state index is 14.3. The van der Waals surface area contributed by atoms with Crippen LogP contribution in [0.25, 0.3) is 16.5 Å². The van der Waals surface area contributed by atoms with Crippen molar-refractivity contribution in [2.24, 2.45) is 17.8 Å². The number of nitrogens with one attached hydrogen (secondary N) is 2. The van der Waals surface area contributed by atoms with Gasteiger partial charge in [-0.1, -0.05) is 45.9 Å². The molecule has 0 unspecified atom stereocenters. The standard InChI is InChI=1S/C31H39N5O5/c1-16(2)26-28(38)35-11-7-10-24(35)31(40)36(26)29(39)30(41-31,17(3)4)33-27(37)19-12-21-20-8-6-9-22-25(20)18(14-32-22)13-23(21)34(5)15-19/h6,8-9,12,14,16-17,19,23-24,26,32,40H,7,10-11,13,15H2,1-5H3,(H,33,37)/t19-,23-,24+,26+,30+,31-/m0/s1. The molecule has 1 aromatic heterocycles. The van der Waals surface area contributed by atoms with Crippen molar-refractivity contribution < 1.29 is 24.2 Å². The Morgan fingerprint density at radius 1 is 1.22 bits per heavy atom. The minimum atomic E-state index is -2.01. The third kappa shape index (κ3) is 3.50. The van der Waals surface area contributed by atoms with Gasteiger partial charge >= 0.3 is 0 Å². The van der Waals surface area contributed by atoms with Crippen molar-refractivity contribution >= 4 is 34.2 Å². The van der Waals surface area contributed by atoms with E-state index in [-0.39, 0.29) is 23.8 Å². The number of piperazine rings is 1. The Hall–Kier alpha value is -3.21. The Kier molecular flexibility index (Phi) is 5.79. The van der Waals surface area contributed by atoms with E-state index in [1.807, 2.05) is 33.0 Å². The maximum Gasteiger partial charge on any atom is 0.281 e. The van der Waals surface area contributed by atoms with Crippen LogP contribution in [0.2, 0.25) is 0 Å². The van der Waals surface area contributed by atoms with Crippen LogP contribution in [-0.2, 0) is 25.5 Å². The van der Waals surface area contributed by atoms with Crippen molar-refractivity contribution in [3.63, 3.8) is 0 Å². The molecule has 2 aromatic rings. The highest BCUT2D eigenvalue weighted by Gasteiger charge is 2.72. The number of fused-ring (bicyclic) bond motifs is 5. The summed E-state index contributed by atoms with van der Waals surface area (Å²) in [6.45, 7) is 8.32. The predicted octanol–water partition coefficient (Wildman–Crippen LogP) is 2.04. The van der Waals surface area contributed by atoms with Gasteiger partial charge in [-0.3, -0.25) is 28.9 Å². The van der Waals surface area contributed by atoms with Gasteiger partial charge in [0, 0.05) is 42.1 Å². The molecule has 1 aliphatic carbocycles. The van der Waals surface area contributed by atoms with E-state index in [0.717, 1.165) is 23.1 Å². The molecule has 5 aliphatic rings. The van der Waals surface area contributed by atoms with Crippen molar-refractivity contribution in [1.29, 1.82) is 0 Å². The second-order valence-electron chi connectivity index (χ2n) is 13.1. The molecule has 0 bridgehead atoms. The smallest absolute Gasteiger partial charge is 0.281 e. The number of carbonyl (C=O) groups is 3. The summed E-state index contributed by atoms with van der Waals surface area (Å²) in [4.78, 5) is 50.4. The van der Waals surface area contributed by atoms with E-state index in [1.54, 1.807) is 18.7 Å². The normalized spacial score (nSPS) is 34.8. The molecule has 10 nitrogen and oxygen atoms in total. The molecule has 6 atom stereocenters. The highest BCUT2D eigenvalue weighted by atomic mass is 16.7. The molecule has 0 spiro atoms. The molecule has 41 heavy (non-hydrogen) atoms. The van der Waals surface area contributed by atoms with Crippen LogP contribution in [0.15, 0.2) is 30.5 Å². The van der Waals surface area contributed by atoms with Crippen molar-refractivity contribution in [2.45, 2.75) is 76.7 Å². The van der Waals surface area contributed by atoms with Gasteiger partial charge in [-0.2, -0.15) is 0 Å². The first-order valence-corrected chi connectivity index (χ1v) is 14.9. The molecular formula is C31H39N5O5. The predicted molar refractivity (Wildman–Crippen MR) is 152 cm³/mol. The fraction of sp³-hybridized carbons (Fsp3) is 0.581. The van der Waals surface area contributed by atoms with Crippen LogP contribution >= 0.6 is 0 Å². The summed E-state index contributed by atoms with van der Waals surface area (Å²) in [7, 11) is 2.03. The highest BCUT2D eigenvalue weighted by molar-refractivity contribution is 6.01. The van der Waals surface area contributed by atoms with E-state index in [1.165, 1.54) is 15.8 Å². The van der Waals surface area contributed by atoms with Gasteiger partial charge in [-0.25, -0.2) is 0 Å². The molecule has 3 fully saturated rings. The summed E-state index contributed by atoms with van der Waals surface area (Å²) >= 11 is 0. The highest BCUT2D eigenvalue weighted by Crippen LogP contribution is 2.49. The van der Waals surface area contributed by atoms with Crippen molar-refractivity contribution in [2.75, 3.05) is 20.1 Å². The fourth-order valence-corrected chi connectivity index (χ4v) is 7.97. The number of aromatic nitrogens is 1. The van der Waals surface area contributed by atoms with Crippen molar-refractivity contribution in [1.82, 2.24) is 25.0 Å². The summed E-state index contributed by atoms with van der Waals surface area (Å²) in [5.41, 5.74) is 2.78. The lowest BCUT2D eigenvalue weighted by Gasteiger charge is -2.49. The summed E-state index contributed by atoms with van der Waals surface area (Å²) in [5.74, 6) is -4.36. The molecule has 5 heterocycles. The number of hydrogen-bond acceptors (Lipinski definition) is 6. The zero-order valence-corrected chi connectivity index (χ0v) is 24.3. The van der Waals surface area contributed by atoms with Crippen LogP contribution in [0.5, 0.6) is 0 Å². The summed E-state index contributed by atoms with van der Waals surface area (Å²) in [6, 6.07) is 4.80. The summed E-state index contributed by atoms with van der Waals surface area (Å²) in [6.07, 6.45) is 6.21. The number of benzene rings is 1. The van der Waals surface area contributed by atoms with Gasteiger partial charge < -0.3 is 20.3 Å². The molecule has 10 heteroatoms. The van der Waals surface area contributed by atoms with Gasteiger partial charge in [0.1, 0.15) is 12.1 Å². The molecule has 0 saturated carbocycles. The average Bonchev–Trinajstić information content (AvgIpc) is 3.64. The second-order valence-corrected chi connectivity index (χ2v) is 13.1. The van der Waals surface area contributed by atoms with Gasteiger partial charge in [0.25, 0.3) is 11.8 Å². The summed E-state index contributed by atoms with van der Waals surface area (Å²) in [5, 5.41) is 16.2. The van der Waals surface area contributed by atoms with Gasteiger partial charge in [0.2, 0.25) is 17.5 Å². The molecule has 4 aliphatic heterocycles. The lowest BCUT2D eigenvalue weighted by atomic mass is 9.79. The fourth-order valence-electron chi connectivity index (χ4n) is 7.97. The Bertz CT molecular complexity index is 1500. The quantitative estimate of drug-likeness (QED) is 0.526. The van der Waals surface area contributed by atoms with Gasteiger partial charge in [-0.05, 0) is 55.0 Å². The van der Waals surface area contributed by atoms with E-state index in [4.69, 9.17) is 4.74 Å². The Labute approximate surface area is 239 Å². The third-order valence-electron chi connectivity index (χ3n) is 10.1. The molecule has 1 aromatic carbocycles. The first-order valence-electron chi connectivity index (χ1n) is 14.9. The number of nitrogens with zero attached hydrogens (tertiary/aromatic N) is 3. The lowest BCUT2D eigenvalue weighted by molar-refractivity contribution is -0.323. The zero-order valence-electron chi connectivity index (χ0n) is 24.3. The summed E-state index contributed by atoms with van der Waals surface area (Å²) < 4.78 is 6.40. The van der Waals surface area contributed by atoms with Crippen LogP contribution in [0.3, 0.4) is 0 Å². The maximum absolute atomic E-state index is 14.3. The molecule has 3 saturated heterocycles. The van der Waals surface area contributed by atoms with E-state index in [9.17, 15) is 19.5 Å². The Morgan fingerprint density at radius 2 is 2.00 bits per heavy atom. The minimum absolute atomic E-state index is 0.150. The lowest BCUT2D eigenvalue weighted by Crippen LogP contribution is -2.72. The van der Waals surface area contributed by atoms with Crippen molar-refractivity contribution in [3.8, 4) is 0 Å². The molecule has 3 amide bonds. The first kappa shape index (κ1) is 26.7. The first-order chi connectivity index (χ1) is 19.5. The van der Waals surface area contributed by atoms with Crippen molar-refractivity contribution in [3.05, 3.63) is 41.6 Å². The van der Waals surface area contributed by atoms with Crippen LogP contribution < -0.4 is 5.32 Å². The van der Waals surface area contributed by atoms with Crippen LogP contribution in [0.1, 0.15) is 51.7 Å². The number of aromatic amines is 1. The van der Waals surface area contributed by atoms with Gasteiger partial charge in [0.15, 0.2) is 0 Å². The number of ether oxygens (including phenoxy) is 1. The monoisotopic (exact) mass is 561 g/mol.